The molecule has 0 aliphatic rings. The highest BCUT2D eigenvalue weighted by Gasteiger charge is 2.06. The molecule has 0 bridgehead atoms. The van der Waals surface area contributed by atoms with Gasteiger partial charge in [-0.1, -0.05) is 29.8 Å². The van der Waals surface area contributed by atoms with E-state index < -0.39 is 6.10 Å². The van der Waals surface area contributed by atoms with E-state index in [2.05, 4.69) is 10.3 Å². The predicted octanol–water partition coefficient (Wildman–Crippen LogP) is 2.26. The van der Waals surface area contributed by atoms with Crippen LogP contribution >= 0.6 is 11.6 Å². The molecule has 0 aliphatic heterocycles. The summed E-state index contributed by atoms with van der Waals surface area (Å²) >= 11 is 5.96. The number of aliphatic hydroxyl groups is 1. The van der Waals surface area contributed by atoms with Crippen molar-refractivity contribution in [3.05, 3.63) is 59.4 Å². The fraction of sp³-hybridized carbons (Fsp3) is 0.267. The second-order valence-corrected chi connectivity index (χ2v) is 4.79. The predicted molar refractivity (Wildman–Crippen MR) is 78.9 cm³/mol. The third-order valence-corrected chi connectivity index (χ3v) is 3.01. The third-order valence-electron chi connectivity index (χ3n) is 2.70. The van der Waals surface area contributed by atoms with Gasteiger partial charge in [-0.15, -0.1) is 0 Å². The molecule has 0 saturated heterocycles. The van der Waals surface area contributed by atoms with Crippen molar-refractivity contribution in [2.24, 2.45) is 0 Å². The van der Waals surface area contributed by atoms with E-state index in [1.54, 1.807) is 24.5 Å². The Labute approximate surface area is 123 Å². The van der Waals surface area contributed by atoms with Gasteiger partial charge in [-0.2, -0.15) is 0 Å². The zero-order chi connectivity index (χ0) is 14.2. The standard InChI is InChI=1S/C15H17ClN2O2/c16-14-5-1-2-6-15(14)20-11-13(19)10-18-9-12-4-3-7-17-8-12/h1-8,13,18-19H,9-11H2. The number of rotatable bonds is 7. The van der Waals surface area contributed by atoms with Gasteiger partial charge in [0.2, 0.25) is 0 Å². The molecule has 1 unspecified atom stereocenters. The van der Waals surface area contributed by atoms with Gasteiger partial charge in [0.1, 0.15) is 18.5 Å². The maximum absolute atomic E-state index is 9.83. The minimum atomic E-state index is -0.594. The lowest BCUT2D eigenvalue weighted by molar-refractivity contribution is 0.106. The van der Waals surface area contributed by atoms with Crippen LogP contribution in [-0.4, -0.2) is 29.3 Å². The van der Waals surface area contributed by atoms with E-state index in [0.29, 0.717) is 23.9 Å². The van der Waals surface area contributed by atoms with Crippen LogP contribution in [0, 0.1) is 0 Å². The quantitative estimate of drug-likeness (QED) is 0.822. The summed E-state index contributed by atoms with van der Waals surface area (Å²) in [4.78, 5) is 4.03. The molecule has 1 aromatic carbocycles. The van der Waals surface area contributed by atoms with Gasteiger partial charge < -0.3 is 15.2 Å². The minimum Gasteiger partial charge on any atom is -0.489 e. The molecule has 1 heterocycles. The Morgan fingerprint density at radius 1 is 1.25 bits per heavy atom. The first-order valence-electron chi connectivity index (χ1n) is 6.40. The molecule has 4 nitrogen and oxygen atoms in total. The average molecular weight is 293 g/mol. The van der Waals surface area contributed by atoms with Gasteiger partial charge in [0, 0.05) is 25.5 Å². The molecule has 20 heavy (non-hydrogen) atoms. The number of benzene rings is 1. The monoisotopic (exact) mass is 292 g/mol. The summed E-state index contributed by atoms with van der Waals surface area (Å²) in [6.45, 7) is 1.31. The first-order valence-corrected chi connectivity index (χ1v) is 6.78. The van der Waals surface area contributed by atoms with E-state index >= 15 is 0 Å². The van der Waals surface area contributed by atoms with Crippen LogP contribution in [0.25, 0.3) is 0 Å². The van der Waals surface area contributed by atoms with Crippen molar-refractivity contribution in [3.8, 4) is 5.75 Å². The second kappa shape index (κ2) is 7.85. The molecule has 1 atom stereocenters. The molecule has 0 amide bonds. The number of nitrogens with one attached hydrogen (secondary N) is 1. The second-order valence-electron chi connectivity index (χ2n) is 4.39. The Bertz CT molecular complexity index is 522. The first kappa shape index (κ1) is 14.8. The van der Waals surface area contributed by atoms with Crippen LogP contribution in [0.4, 0.5) is 0 Å². The van der Waals surface area contributed by atoms with E-state index in [0.717, 1.165) is 5.56 Å². The van der Waals surface area contributed by atoms with Gasteiger partial charge in [0.25, 0.3) is 0 Å². The number of halogens is 1. The van der Waals surface area contributed by atoms with Crippen LogP contribution in [0.15, 0.2) is 48.8 Å². The molecular formula is C15H17ClN2O2. The molecule has 106 valence electrons. The molecule has 0 aliphatic carbocycles. The van der Waals surface area contributed by atoms with E-state index in [4.69, 9.17) is 16.3 Å². The van der Waals surface area contributed by atoms with E-state index in [9.17, 15) is 5.11 Å². The lowest BCUT2D eigenvalue weighted by Crippen LogP contribution is -2.31. The van der Waals surface area contributed by atoms with Crippen molar-refractivity contribution in [1.82, 2.24) is 10.3 Å². The normalized spacial score (nSPS) is 12.1. The maximum Gasteiger partial charge on any atom is 0.138 e. The molecular weight excluding hydrogens is 276 g/mol. The number of nitrogens with zero attached hydrogens (tertiary/aromatic N) is 1. The minimum absolute atomic E-state index is 0.198. The van der Waals surface area contributed by atoms with E-state index in [-0.39, 0.29) is 6.61 Å². The van der Waals surface area contributed by atoms with Crippen molar-refractivity contribution >= 4 is 11.6 Å². The zero-order valence-corrected chi connectivity index (χ0v) is 11.8. The van der Waals surface area contributed by atoms with Crippen molar-refractivity contribution in [2.45, 2.75) is 12.6 Å². The van der Waals surface area contributed by atoms with Gasteiger partial charge in [0.05, 0.1) is 5.02 Å². The Balaban J connectivity index is 1.68. The van der Waals surface area contributed by atoms with Gasteiger partial charge in [-0.25, -0.2) is 0 Å². The van der Waals surface area contributed by atoms with Crippen LogP contribution in [0.3, 0.4) is 0 Å². The number of ether oxygens (including phenoxy) is 1. The fourth-order valence-electron chi connectivity index (χ4n) is 1.69. The van der Waals surface area contributed by atoms with Gasteiger partial charge in [-0.05, 0) is 23.8 Å². The molecule has 0 fully saturated rings. The highest BCUT2D eigenvalue weighted by Crippen LogP contribution is 2.22. The summed E-state index contributed by atoms with van der Waals surface area (Å²) in [7, 11) is 0. The Morgan fingerprint density at radius 3 is 2.85 bits per heavy atom. The molecule has 5 heteroatoms. The summed E-state index contributed by atoms with van der Waals surface area (Å²) < 4.78 is 5.47. The van der Waals surface area contributed by atoms with E-state index in [1.165, 1.54) is 0 Å². The Kier molecular flexibility index (Phi) is 5.80. The highest BCUT2D eigenvalue weighted by atomic mass is 35.5. The molecule has 1 aromatic heterocycles. The fourth-order valence-corrected chi connectivity index (χ4v) is 1.88. The highest BCUT2D eigenvalue weighted by molar-refractivity contribution is 6.32. The molecule has 2 rings (SSSR count). The van der Waals surface area contributed by atoms with Gasteiger partial charge in [0.15, 0.2) is 0 Å². The van der Waals surface area contributed by atoms with Gasteiger partial charge in [-0.3, -0.25) is 4.98 Å². The lowest BCUT2D eigenvalue weighted by Gasteiger charge is -2.14. The zero-order valence-electron chi connectivity index (χ0n) is 11.0. The Morgan fingerprint density at radius 2 is 2.10 bits per heavy atom. The third kappa shape index (κ3) is 4.81. The summed E-state index contributed by atoms with van der Waals surface area (Å²) in [5.74, 6) is 0.584. The van der Waals surface area contributed by atoms with Crippen molar-refractivity contribution in [2.75, 3.05) is 13.2 Å². The number of para-hydroxylation sites is 1. The van der Waals surface area contributed by atoms with Crippen LogP contribution in [0.1, 0.15) is 5.56 Å². The summed E-state index contributed by atoms with van der Waals surface area (Å²) in [6, 6.07) is 11.1. The van der Waals surface area contributed by atoms with Crippen LogP contribution < -0.4 is 10.1 Å². The lowest BCUT2D eigenvalue weighted by atomic mass is 10.3. The molecule has 0 radical (unpaired) electrons. The topological polar surface area (TPSA) is 54.4 Å². The Hall–Kier alpha value is -1.62. The van der Waals surface area contributed by atoms with Crippen molar-refractivity contribution < 1.29 is 9.84 Å². The van der Waals surface area contributed by atoms with Gasteiger partial charge >= 0.3 is 0 Å². The number of pyridine rings is 1. The van der Waals surface area contributed by atoms with Crippen molar-refractivity contribution in [1.29, 1.82) is 0 Å². The largest absolute Gasteiger partial charge is 0.489 e. The summed E-state index contributed by atoms with van der Waals surface area (Å²) in [5, 5.41) is 13.5. The van der Waals surface area contributed by atoms with E-state index in [1.807, 2.05) is 24.3 Å². The summed E-state index contributed by atoms with van der Waals surface area (Å²) in [6.07, 6.45) is 2.93. The van der Waals surface area contributed by atoms with Crippen LogP contribution in [0.5, 0.6) is 5.75 Å². The van der Waals surface area contributed by atoms with Crippen LogP contribution in [-0.2, 0) is 6.54 Å². The number of aliphatic hydroxyl groups excluding tert-OH is 1. The number of aromatic nitrogens is 1. The maximum atomic E-state index is 9.83. The average Bonchev–Trinajstić information content (AvgIpc) is 2.47. The molecule has 0 spiro atoms. The van der Waals surface area contributed by atoms with Crippen LogP contribution in [0.2, 0.25) is 5.02 Å². The molecule has 0 saturated carbocycles. The molecule has 2 N–H and O–H groups in total. The van der Waals surface area contributed by atoms with Crippen molar-refractivity contribution in [3.63, 3.8) is 0 Å². The molecule has 2 aromatic rings. The summed E-state index contributed by atoms with van der Waals surface area (Å²) in [5.41, 5.74) is 1.08. The number of hydrogen-bond acceptors (Lipinski definition) is 4. The SMILES string of the molecule is OC(CNCc1cccnc1)COc1ccccc1Cl. The first-order chi connectivity index (χ1) is 9.75. The smallest absolute Gasteiger partial charge is 0.138 e. The number of hydrogen-bond donors (Lipinski definition) is 2.